The van der Waals surface area contributed by atoms with E-state index in [1.807, 2.05) is 50.2 Å². The lowest BCUT2D eigenvalue weighted by Gasteiger charge is -2.19. The fourth-order valence-electron chi connectivity index (χ4n) is 1.93. The molecule has 0 saturated carbocycles. The van der Waals surface area contributed by atoms with Gasteiger partial charge in [-0.05, 0) is 33.2 Å². The summed E-state index contributed by atoms with van der Waals surface area (Å²) in [5.74, 6) is 0.760. The lowest BCUT2D eigenvalue weighted by Crippen LogP contribution is -2.36. The highest BCUT2D eigenvalue weighted by molar-refractivity contribution is 5.97. The summed E-state index contributed by atoms with van der Waals surface area (Å²) in [4.78, 5) is 14.3. The van der Waals surface area contributed by atoms with Crippen LogP contribution in [0, 0.1) is 0 Å². The fraction of sp³-hybridized carbons (Fsp3) is 0.357. The maximum absolute atomic E-state index is 12.4. The highest BCUT2D eigenvalue weighted by Gasteiger charge is 2.19. The van der Waals surface area contributed by atoms with Crippen molar-refractivity contribution in [2.75, 3.05) is 21.2 Å². The molecule has 1 aromatic heterocycles. The molecule has 0 aliphatic rings. The zero-order chi connectivity index (χ0) is 13.3. The van der Waals surface area contributed by atoms with Crippen molar-refractivity contribution in [1.29, 1.82) is 0 Å². The lowest BCUT2D eigenvalue weighted by molar-refractivity contribution is 0.0809. The third-order valence-corrected chi connectivity index (χ3v) is 3.26. The molecule has 2 rings (SSSR count). The summed E-state index contributed by atoms with van der Waals surface area (Å²) in [5.41, 5.74) is 0.832. The number of hydrogen-bond donors (Lipinski definition) is 0. The van der Waals surface area contributed by atoms with Crippen LogP contribution in [0.25, 0.3) is 10.9 Å². The SMILES string of the molecule is COc1cccc2ccn(C(=O)[C@H](C)N(C)C)c12. The van der Waals surface area contributed by atoms with Gasteiger partial charge in [-0.25, -0.2) is 0 Å². The average Bonchev–Trinajstić information content (AvgIpc) is 2.80. The van der Waals surface area contributed by atoms with E-state index < -0.39 is 0 Å². The van der Waals surface area contributed by atoms with Crippen LogP contribution in [0.4, 0.5) is 0 Å². The Bertz CT molecular complexity index is 572. The zero-order valence-electron chi connectivity index (χ0n) is 11.2. The van der Waals surface area contributed by atoms with Gasteiger partial charge in [0.25, 0.3) is 0 Å². The van der Waals surface area contributed by atoms with Crippen molar-refractivity contribution in [1.82, 2.24) is 9.47 Å². The fourth-order valence-corrected chi connectivity index (χ4v) is 1.93. The number of para-hydroxylation sites is 1. The summed E-state index contributed by atoms with van der Waals surface area (Å²) in [7, 11) is 5.41. The Hall–Kier alpha value is -1.81. The van der Waals surface area contributed by atoms with Gasteiger partial charge in [0.05, 0.1) is 18.7 Å². The molecule has 18 heavy (non-hydrogen) atoms. The standard InChI is InChI=1S/C14H18N2O2/c1-10(15(2)3)14(17)16-9-8-11-6-5-7-12(18-4)13(11)16/h5-10H,1-4H3/t10-/m0/s1. The highest BCUT2D eigenvalue weighted by atomic mass is 16.5. The van der Waals surface area contributed by atoms with Crippen LogP contribution in [0.5, 0.6) is 5.75 Å². The van der Waals surface area contributed by atoms with Gasteiger partial charge in [-0.3, -0.25) is 14.3 Å². The van der Waals surface area contributed by atoms with Crippen LogP contribution in [-0.2, 0) is 0 Å². The number of ether oxygens (including phenoxy) is 1. The van der Waals surface area contributed by atoms with Gasteiger partial charge in [-0.15, -0.1) is 0 Å². The van der Waals surface area contributed by atoms with Gasteiger partial charge >= 0.3 is 0 Å². The Morgan fingerprint density at radius 2 is 2.06 bits per heavy atom. The first-order chi connectivity index (χ1) is 8.56. The lowest BCUT2D eigenvalue weighted by atomic mass is 10.2. The first-order valence-corrected chi connectivity index (χ1v) is 5.91. The third-order valence-electron chi connectivity index (χ3n) is 3.26. The van der Waals surface area contributed by atoms with Crippen LogP contribution >= 0.6 is 0 Å². The molecule has 1 atom stereocenters. The van der Waals surface area contributed by atoms with Crippen LogP contribution in [0.2, 0.25) is 0 Å². The van der Waals surface area contributed by atoms with Crippen molar-refractivity contribution in [3.63, 3.8) is 0 Å². The molecule has 0 aliphatic carbocycles. The van der Waals surface area contributed by atoms with Crippen molar-refractivity contribution < 1.29 is 9.53 Å². The summed E-state index contributed by atoms with van der Waals surface area (Å²) in [5, 5.41) is 1.01. The predicted molar refractivity (Wildman–Crippen MR) is 72.3 cm³/mol. The van der Waals surface area contributed by atoms with E-state index in [1.165, 1.54) is 0 Å². The molecule has 0 unspecified atom stereocenters. The summed E-state index contributed by atoms with van der Waals surface area (Å²) in [6.07, 6.45) is 1.80. The van der Waals surface area contributed by atoms with E-state index in [9.17, 15) is 4.79 Å². The van der Waals surface area contributed by atoms with Crippen molar-refractivity contribution in [2.24, 2.45) is 0 Å². The number of likely N-dealkylation sites (N-methyl/N-ethyl adjacent to an activating group) is 1. The van der Waals surface area contributed by atoms with E-state index in [2.05, 4.69) is 0 Å². The van der Waals surface area contributed by atoms with E-state index in [0.29, 0.717) is 0 Å². The summed E-state index contributed by atoms with van der Waals surface area (Å²) < 4.78 is 7.00. The Labute approximate surface area is 107 Å². The zero-order valence-corrected chi connectivity index (χ0v) is 11.2. The van der Waals surface area contributed by atoms with Crippen LogP contribution in [0.3, 0.4) is 0 Å². The second-order valence-corrected chi connectivity index (χ2v) is 4.56. The molecule has 0 saturated heterocycles. The van der Waals surface area contributed by atoms with E-state index in [1.54, 1.807) is 17.9 Å². The molecule has 0 fully saturated rings. The van der Waals surface area contributed by atoms with Crippen molar-refractivity contribution >= 4 is 16.8 Å². The Morgan fingerprint density at radius 3 is 2.67 bits per heavy atom. The molecule has 1 heterocycles. The monoisotopic (exact) mass is 246 g/mol. The second-order valence-electron chi connectivity index (χ2n) is 4.56. The number of hydrogen-bond acceptors (Lipinski definition) is 3. The largest absolute Gasteiger partial charge is 0.495 e. The van der Waals surface area contributed by atoms with E-state index in [4.69, 9.17) is 4.74 Å². The molecular formula is C14H18N2O2. The van der Waals surface area contributed by atoms with Gasteiger partial charge in [0.15, 0.2) is 0 Å². The molecule has 0 radical (unpaired) electrons. The summed E-state index contributed by atoms with van der Waals surface area (Å²) in [6, 6.07) is 7.52. The molecule has 2 aromatic rings. The van der Waals surface area contributed by atoms with Gasteiger partial charge in [0.1, 0.15) is 5.75 Å². The first kappa shape index (κ1) is 12.6. The van der Waals surface area contributed by atoms with Crippen LogP contribution in [-0.4, -0.2) is 42.6 Å². The molecule has 1 aromatic carbocycles. The number of benzene rings is 1. The normalized spacial score (nSPS) is 12.9. The maximum atomic E-state index is 12.4. The first-order valence-electron chi connectivity index (χ1n) is 5.91. The minimum atomic E-state index is -0.175. The van der Waals surface area contributed by atoms with Crippen molar-refractivity contribution in [3.8, 4) is 5.75 Å². The average molecular weight is 246 g/mol. The number of methoxy groups -OCH3 is 1. The molecular weight excluding hydrogens is 228 g/mol. The summed E-state index contributed by atoms with van der Waals surface area (Å²) in [6.45, 7) is 1.89. The number of carbonyl (C=O) groups excluding carboxylic acids is 1. The van der Waals surface area contributed by atoms with Gasteiger partial charge in [0.2, 0.25) is 5.91 Å². The molecule has 4 nitrogen and oxygen atoms in total. The van der Waals surface area contributed by atoms with E-state index in [-0.39, 0.29) is 11.9 Å². The van der Waals surface area contributed by atoms with Crippen LogP contribution < -0.4 is 4.74 Å². The Kier molecular flexibility index (Phi) is 3.39. The van der Waals surface area contributed by atoms with E-state index >= 15 is 0 Å². The molecule has 0 N–H and O–H groups in total. The van der Waals surface area contributed by atoms with Gasteiger partial charge in [-0.2, -0.15) is 0 Å². The van der Waals surface area contributed by atoms with Crippen LogP contribution in [0.1, 0.15) is 11.7 Å². The Morgan fingerprint density at radius 1 is 1.33 bits per heavy atom. The van der Waals surface area contributed by atoms with Crippen molar-refractivity contribution in [2.45, 2.75) is 13.0 Å². The minimum Gasteiger partial charge on any atom is -0.495 e. The molecule has 0 bridgehead atoms. The van der Waals surface area contributed by atoms with Gasteiger partial charge in [0, 0.05) is 11.6 Å². The number of rotatable bonds is 3. The molecule has 0 amide bonds. The van der Waals surface area contributed by atoms with Crippen molar-refractivity contribution in [3.05, 3.63) is 30.5 Å². The Balaban J connectivity index is 2.55. The molecule has 0 aliphatic heterocycles. The molecule has 0 spiro atoms. The number of carbonyl (C=O) groups is 1. The second kappa shape index (κ2) is 4.82. The number of aromatic nitrogens is 1. The van der Waals surface area contributed by atoms with Gasteiger partial charge < -0.3 is 4.74 Å². The quantitative estimate of drug-likeness (QED) is 0.833. The highest BCUT2D eigenvalue weighted by Crippen LogP contribution is 2.26. The smallest absolute Gasteiger partial charge is 0.248 e. The number of fused-ring (bicyclic) bond motifs is 1. The number of nitrogens with zero attached hydrogens (tertiary/aromatic N) is 2. The minimum absolute atomic E-state index is 0.0412. The van der Waals surface area contributed by atoms with Gasteiger partial charge in [-0.1, -0.05) is 12.1 Å². The predicted octanol–water partition coefficient (Wildman–Crippen LogP) is 2.24. The summed E-state index contributed by atoms with van der Waals surface area (Å²) >= 11 is 0. The maximum Gasteiger partial charge on any atom is 0.248 e. The third kappa shape index (κ3) is 1.99. The van der Waals surface area contributed by atoms with E-state index in [0.717, 1.165) is 16.7 Å². The molecule has 96 valence electrons. The molecule has 4 heteroatoms. The topological polar surface area (TPSA) is 34.5 Å². The van der Waals surface area contributed by atoms with Crippen LogP contribution in [0.15, 0.2) is 30.5 Å².